The van der Waals surface area contributed by atoms with E-state index in [9.17, 15) is 0 Å². The summed E-state index contributed by atoms with van der Waals surface area (Å²) in [4.78, 5) is 2.61. The first-order chi connectivity index (χ1) is 8.22. The molecule has 4 heteroatoms. The summed E-state index contributed by atoms with van der Waals surface area (Å²) < 4.78 is 1.18. The van der Waals surface area contributed by atoms with Crippen molar-refractivity contribution in [2.75, 3.05) is 18.4 Å². The Balaban J connectivity index is 1.63. The van der Waals surface area contributed by atoms with Crippen molar-refractivity contribution >= 4 is 39.9 Å². The van der Waals surface area contributed by atoms with Gasteiger partial charge in [0.2, 0.25) is 0 Å². The predicted molar refractivity (Wildman–Crippen MR) is 80.8 cm³/mol. The lowest BCUT2D eigenvalue weighted by Gasteiger charge is -2.17. The summed E-state index contributed by atoms with van der Waals surface area (Å²) in [5, 5.41) is 4.41. The Labute approximate surface area is 121 Å². The lowest BCUT2D eigenvalue weighted by atomic mass is 10.2. The quantitative estimate of drug-likeness (QED) is 0.827. The van der Waals surface area contributed by atoms with E-state index in [0.717, 1.165) is 16.8 Å². The molecule has 1 heterocycles. The molecule has 0 radical (unpaired) electrons. The van der Waals surface area contributed by atoms with Gasteiger partial charge in [-0.3, -0.25) is 4.90 Å². The Bertz CT molecular complexity index is 420. The van der Waals surface area contributed by atoms with Gasteiger partial charge in [0.15, 0.2) is 0 Å². The van der Waals surface area contributed by atoms with Crippen molar-refractivity contribution in [3.63, 3.8) is 0 Å². The van der Waals surface area contributed by atoms with E-state index in [1.165, 1.54) is 35.9 Å². The SMILES string of the molecule is Clc1cc(I)ccc1NC1CCN(C2CC2)C1. The van der Waals surface area contributed by atoms with Crippen molar-refractivity contribution in [2.24, 2.45) is 0 Å². The number of anilines is 1. The zero-order valence-electron chi connectivity index (χ0n) is 9.63. The number of hydrogen-bond acceptors (Lipinski definition) is 2. The third-order valence-electron chi connectivity index (χ3n) is 3.57. The number of benzene rings is 1. The molecule has 1 aromatic carbocycles. The van der Waals surface area contributed by atoms with Gasteiger partial charge in [0.05, 0.1) is 10.7 Å². The van der Waals surface area contributed by atoms with Crippen molar-refractivity contribution in [2.45, 2.75) is 31.3 Å². The highest BCUT2D eigenvalue weighted by Crippen LogP contribution is 2.31. The van der Waals surface area contributed by atoms with Gasteiger partial charge >= 0.3 is 0 Å². The molecule has 1 aliphatic heterocycles. The topological polar surface area (TPSA) is 15.3 Å². The van der Waals surface area contributed by atoms with E-state index in [1.807, 2.05) is 6.07 Å². The normalized spacial score (nSPS) is 25.2. The van der Waals surface area contributed by atoms with E-state index in [2.05, 4.69) is 44.9 Å². The molecule has 3 rings (SSSR count). The van der Waals surface area contributed by atoms with E-state index >= 15 is 0 Å². The minimum atomic E-state index is 0.563. The fraction of sp³-hybridized carbons (Fsp3) is 0.538. The van der Waals surface area contributed by atoms with Gasteiger partial charge in [0.1, 0.15) is 0 Å². The summed E-state index contributed by atoms with van der Waals surface area (Å²) in [6, 6.07) is 7.65. The molecular weight excluding hydrogens is 347 g/mol. The number of rotatable bonds is 3. The van der Waals surface area contributed by atoms with Gasteiger partial charge in [-0.2, -0.15) is 0 Å². The van der Waals surface area contributed by atoms with Crippen LogP contribution in [0.1, 0.15) is 19.3 Å². The monoisotopic (exact) mass is 362 g/mol. The molecule has 1 unspecified atom stereocenters. The van der Waals surface area contributed by atoms with Gasteiger partial charge in [0, 0.05) is 28.7 Å². The van der Waals surface area contributed by atoms with Crippen molar-refractivity contribution in [3.8, 4) is 0 Å². The highest BCUT2D eigenvalue weighted by molar-refractivity contribution is 14.1. The van der Waals surface area contributed by atoms with Crippen LogP contribution in [0, 0.1) is 3.57 Å². The number of likely N-dealkylation sites (tertiary alicyclic amines) is 1. The van der Waals surface area contributed by atoms with E-state index in [0.29, 0.717) is 6.04 Å². The van der Waals surface area contributed by atoms with Gasteiger partial charge in [-0.25, -0.2) is 0 Å². The van der Waals surface area contributed by atoms with E-state index < -0.39 is 0 Å². The second kappa shape index (κ2) is 4.94. The summed E-state index contributed by atoms with van der Waals surface area (Å²) in [5.74, 6) is 0. The third kappa shape index (κ3) is 2.88. The molecule has 1 atom stereocenters. The van der Waals surface area contributed by atoms with Crippen molar-refractivity contribution in [1.29, 1.82) is 0 Å². The van der Waals surface area contributed by atoms with E-state index in [1.54, 1.807) is 0 Å². The van der Waals surface area contributed by atoms with Crippen LogP contribution < -0.4 is 5.32 Å². The fourth-order valence-corrected chi connectivity index (χ4v) is 3.41. The van der Waals surface area contributed by atoms with Crippen LogP contribution in [0.3, 0.4) is 0 Å². The van der Waals surface area contributed by atoms with E-state index in [-0.39, 0.29) is 0 Å². The van der Waals surface area contributed by atoms with Gasteiger partial charge in [-0.05, 0) is 60.1 Å². The third-order valence-corrected chi connectivity index (χ3v) is 4.56. The van der Waals surface area contributed by atoms with Crippen LogP contribution in [0.25, 0.3) is 0 Å². The second-order valence-electron chi connectivity index (χ2n) is 4.98. The summed E-state index contributed by atoms with van der Waals surface area (Å²) in [6.45, 7) is 2.41. The Morgan fingerprint density at radius 3 is 2.82 bits per heavy atom. The molecule has 0 amide bonds. The van der Waals surface area contributed by atoms with Crippen molar-refractivity contribution < 1.29 is 0 Å². The molecule has 0 aromatic heterocycles. The standard InChI is InChI=1S/C13H16ClIN2/c14-12-7-9(15)1-4-13(12)16-10-5-6-17(8-10)11-2-3-11/h1,4,7,10-11,16H,2-3,5-6,8H2. The molecule has 0 spiro atoms. The van der Waals surface area contributed by atoms with Crippen molar-refractivity contribution in [1.82, 2.24) is 4.90 Å². The molecule has 1 saturated heterocycles. The molecule has 1 aliphatic carbocycles. The summed E-state index contributed by atoms with van der Waals surface area (Å²) in [5.41, 5.74) is 1.08. The molecule has 2 nitrogen and oxygen atoms in total. The summed E-state index contributed by atoms with van der Waals surface area (Å²) >= 11 is 8.52. The molecule has 1 N–H and O–H groups in total. The van der Waals surface area contributed by atoms with Crippen molar-refractivity contribution in [3.05, 3.63) is 26.8 Å². The second-order valence-corrected chi connectivity index (χ2v) is 6.63. The maximum Gasteiger partial charge on any atom is 0.0648 e. The van der Waals surface area contributed by atoms with Crippen LogP contribution in [0.15, 0.2) is 18.2 Å². The average molecular weight is 363 g/mol. The molecule has 1 saturated carbocycles. The Kier molecular flexibility index (Phi) is 3.50. The lowest BCUT2D eigenvalue weighted by molar-refractivity contribution is 0.326. The number of halogens is 2. The molecular formula is C13H16ClIN2. The van der Waals surface area contributed by atoms with Gasteiger partial charge in [-0.1, -0.05) is 11.6 Å². The van der Waals surface area contributed by atoms with Crippen LogP contribution in [0.4, 0.5) is 5.69 Å². The highest BCUT2D eigenvalue weighted by Gasteiger charge is 2.34. The summed E-state index contributed by atoms with van der Waals surface area (Å²) in [7, 11) is 0. The molecule has 1 aromatic rings. The predicted octanol–water partition coefficient (Wildman–Crippen LogP) is 3.59. The maximum absolute atomic E-state index is 6.24. The minimum absolute atomic E-state index is 0.563. The van der Waals surface area contributed by atoms with Gasteiger partial charge in [0.25, 0.3) is 0 Å². The smallest absolute Gasteiger partial charge is 0.0648 e. The molecule has 0 bridgehead atoms. The zero-order chi connectivity index (χ0) is 11.8. The van der Waals surface area contributed by atoms with Crippen LogP contribution in [0.2, 0.25) is 5.02 Å². The van der Waals surface area contributed by atoms with Crippen LogP contribution in [0.5, 0.6) is 0 Å². The summed E-state index contributed by atoms with van der Waals surface area (Å²) in [6.07, 6.45) is 4.03. The molecule has 2 aliphatic rings. The largest absolute Gasteiger partial charge is 0.380 e. The van der Waals surface area contributed by atoms with Gasteiger partial charge in [-0.15, -0.1) is 0 Å². The molecule has 2 fully saturated rings. The average Bonchev–Trinajstić information content (AvgIpc) is 3.04. The molecule has 92 valence electrons. The first kappa shape index (κ1) is 12.1. The first-order valence-electron chi connectivity index (χ1n) is 6.18. The Hall–Kier alpha value is -0.000000000000000132. The fourth-order valence-electron chi connectivity index (χ4n) is 2.50. The maximum atomic E-state index is 6.24. The minimum Gasteiger partial charge on any atom is -0.380 e. The highest BCUT2D eigenvalue weighted by atomic mass is 127. The van der Waals surface area contributed by atoms with E-state index in [4.69, 9.17) is 11.6 Å². The van der Waals surface area contributed by atoms with Gasteiger partial charge < -0.3 is 5.32 Å². The van der Waals surface area contributed by atoms with Crippen LogP contribution in [-0.2, 0) is 0 Å². The van der Waals surface area contributed by atoms with Crippen LogP contribution >= 0.6 is 34.2 Å². The number of nitrogens with one attached hydrogen (secondary N) is 1. The first-order valence-corrected chi connectivity index (χ1v) is 7.64. The lowest BCUT2D eigenvalue weighted by Crippen LogP contribution is -2.27. The number of nitrogens with zero attached hydrogens (tertiary/aromatic N) is 1. The Morgan fingerprint density at radius 2 is 2.12 bits per heavy atom. The number of hydrogen-bond donors (Lipinski definition) is 1. The Morgan fingerprint density at radius 1 is 1.29 bits per heavy atom. The molecule has 17 heavy (non-hydrogen) atoms. The van der Waals surface area contributed by atoms with Crippen LogP contribution in [-0.4, -0.2) is 30.1 Å². The zero-order valence-corrected chi connectivity index (χ0v) is 12.5.